The van der Waals surface area contributed by atoms with Gasteiger partial charge in [-0.2, -0.15) is 0 Å². The Hall–Kier alpha value is -0.780. The molecule has 0 heteroatoms. The summed E-state index contributed by atoms with van der Waals surface area (Å²) in [7, 11) is 0. The molecule has 1 aromatic carbocycles. The molecule has 14 heavy (non-hydrogen) atoms. The second kappa shape index (κ2) is 4.63. The van der Waals surface area contributed by atoms with E-state index in [2.05, 4.69) is 38.1 Å². The molecule has 0 aliphatic heterocycles. The van der Waals surface area contributed by atoms with E-state index in [1.54, 1.807) is 11.1 Å². The van der Waals surface area contributed by atoms with Crippen molar-refractivity contribution in [1.29, 1.82) is 0 Å². The van der Waals surface area contributed by atoms with Gasteiger partial charge in [0, 0.05) is 0 Å². The summed E-state index contributed by atoms with van der Waals surface area (Å²) in [4.78, 5) is 0. The standard InChI is InChI=1S/C13H18.CH4/c1-3-11-9-13-7-5-4-6-12(13)8-10(11)2;/h4-7,10-11H,3,8-9H2,1-2H3;1H4. The number of hydrogen-bond acceptors (Lipinski definition) is 0. The number of fused-ring (bicyclic) bond motifs is 1. The molecule has 1 aromatic rings. The molecule has 2 rings (SSSR count). The van der Waals surface area contributed by atoms with Crippen molar-refractivity contribution >= 4 is 0 Å². The minimum absolute atomic E-state index is 0. The van der Waals surface area contributed by atoms with Gasteiger partial charge in [-0.15, -0.1) is 0 Å². The third-order valence-corrected chi connectivity index (χ3v) is 3.47. The quantitative estimate of drug-likeness (QED) is 0.626. The maximum atomic E-state index is 2.39. The highest BCUT2D eigenvalue weighted by molar-refractivity contribution is 5.30. The van der Waals surface area contributed by atoms with E-state index in [9.17, 15) is 0 Å². The second-order valence-electron chi connectivity index (χ2n) is 4.32. The van der Waals surface area contributed by atoms with Crippen LogP contribution in [0, 0.1) is 11.8 Å². The van der Waals surface area contributed by atoms with Gasteiger partial charge in [0.2, 0.25) is 0 Å². The van der Waals surface area contributed by atoms with Gasteiger partial charge in [0.1, 0.15) is 0 Å². The molecule has 1 aliphatic carbocycles. The second-order valence-corrected chi connectivity index (χ2v) is 4.32. The fraction of sp³-hybridized carbons (Fsp3) is 0.571. The summed E-state index contributed by atoms with van der Waals surface area (Å²) in [6.07, 6.45) is 3.91. The molecule has 0 heterocycles. The summed E-state index contributed by atoms with van der Waals surface area (Å²) >= 11 is 0. The minimum atomic E-state index is 0. The molecule has 0 bridgehead atoms. The van der Waals surface area contributed by atoms with Gasteiger partial charge in [0.05, 0.1) is 0 Å². The highest BCUT2D eigenvalue weighted by Crippen LogP contribution is 2.31. The van der Waals surface area contributed by atoms with Gasteiger partial charge in [0.15, 0.2) is 0 Å². The molecule has 0 aromatic heterocycles. The lowest BCUT2D eigenvalue weighted by Crippen LogP contribution is -2.22. The van der Waals surface area contributed by atoms with Crippen molar-refractivity contribution < 1.29 is 0 Å². The van der Waals surface area contributed by atoms with Crippen molar-refractivity contribution in [3.63, 3.8) is 0 Å². The topological polar surface area (TPSA) is 0 Å². The van der Waals surface area contributed by atoms with E-state index in [1.807, 2.05) is 0 Å². The predicted molar refractivity (Wildman–Crippen MR) is 63.5 cm³/mol. The van der Waals surface area contributed by atoms with E-state index in [1.165, 1.54) is 19.3 Å². The predicted octanol–water partition coefficient (Wildman–Crippen LogP) is 4.08. The SMILES string of the molecule is C.CCC1Cc2ccccc2CC1C. The molecule has 2 unspecified atom stereocenters. The van der Waals surface area contributed by atoms with Crippen LogP contribution in [0.4, 0.5) is 0 Å². The van der Waals surface area contributed by atoms with Gasteiger partial charge >= 0.3 is 0 Å². The molecule has 0 saturated carbocycles. The Kier molecular flexibility index (Phi) is 3.74. The third kappa shape index (κ3) is 2.00. The van der Waals surface area contributed by atoms with E-state index in [0.717, 1.165) is 11.8 Å². The molecule has 78 valence electrons. The van der Waals surface area contributed by atoms with Crippen LogP contribution in [0.25, 0.3) is 0 Å². The molecule has 1 aliphatic rings. The zero-order valence-corrected chi connectivity index (χ0v) is 8.59. The molecule has 0 fully saturated rings. The summed E-state index contributed by atoms with van der Waals surface area (Å²) < 4.78 is 0. The summed E-state index contributed by atoms with van der Waals surface area (Å²) in [5, 5.41) is 0. The Morgan fingerprint density at radius 1 is 1.14 bits per heavy atom. The summed E-state index contributed by atoms with van der Waals surface area (Å²) in [6, 6.07) is 8.92. The van der Waals surface area contributed by atoms with Crippen LogP contribution < -0.4 is 0 Å². The van der Waals surface area contributed by atoms with Gasteiger partial charge in [-0.05, 0) is 35.8 Å². The summed E-state index contributed by atoms with van der Waals surface area (Å²) in [6.45, 7) is 4.71. The smallest absolute Gasteiger partial charge is 0.0245 e. The monoisotopic (exact) mass is 190 g/mol. The third-order valence-electron chi connectivity index (χ3n) is 3.47. The van der Waals surface area contributed by atoms with Gasteiger partial charge in [0.25, 0.3) is 0 Å². The van der Waals surface area contributed by atoms with Crippen molar-refractivity contribution in [2.24, 2.45) is 11.8 Å². The molecule has 0 amide bonds. The maximum Gasteiger partial charge on any atom is -0.0245 e. The van der Waals surface area contributed by atoms with Crippen molar-refractivity contribution in [3.05, 3.63) is 35.4 Å². The van der Waals surface area contributed by atoms with Crippen molar-refractivity contribution in [2.75, 3.05) is 0 Å². The van der Waals surface area contributed by atoms with Crippen LogP contribution in [0.15, 0.2) is 24.3 Å². The van der Waals surface area contributed by atoms with E-state index >= 15 is 0 Å². The Morgan fingerprint density at radius 3 is 2.29 bits per heavy atom. The Morgan fingerprint density at radius 2 is 1.71 bits per heavy atom. The van der Waals surface area contributed by atoms with Crippen molar-refractivity contribution in [3.8, 4) is 0 Å². The first-order valence-electron chi connectivity index (χ1n) is 5.38. The Labute approximate surface area is 88.4 Å². The van der Waals surface area contributed by atoms with Crippen LogP contribution in [0.5, 0.6) is 0 Å². The summed E-state index contributed by atoms with van der Waals surface area (Å²) in [5.41, 5.74) is 3.17. The average Bonchev–Trinajstić information content (AvgIpc) is 2.17. The van der Waals surface area contributed by atoms with E-state index in [-0.39, 0.29) is 7.43 Å². The van der Waals surface area contributed by atoms with Crippen LogP contribution in [-0.4, -0.2) is 0 Å². The maximum absolute atomic E-state index is 2.39. The fourth-order valence-corrected chi connectivity index (χ4v) is 2.50. The van der Waals surface area contributed by atoms with Crippen LogP contribution in [0.2, 0.25) is 0 Å². The van der Waals surface area contributed by atoms with Crippen LogP contribution in [0.3, 0.4) is 0 Å². The molecule has 0 spiro atoms. The first-order chi connectivity index (χ1) is 6.31. The van der Waals surface area contributed by atoms with Gasteiger partial charge in [-0.3, -0.25) is 0 Å². The zero-order valence-electron chi connectivity index (χ0n) is 8.59. The van der Waals surface area contributed by atoms with Gasteiger partial charge < -0.3 is 0 Å². The Bertz CT molecular complexity index is 288. The highest BCUT2D eigenvalue weighted by Gasteiger charge is 2.22. The lowest BCUT2D eigenvalue weighted by atomic mass is 9.76. The van der Waals surface area contributed by atoms with Gasteiger partial charge in [-0.25, -0.2) is 0 Å². The lowest BCUT2D eigenvalue weighted by molar-refractivity contribution is 0.323. The molecule has 0 saturated heterocycles. The van der Waals surface area contributed by atoms with Crippen LogP contribution in [-0.2, 0) is 12.8 Å². The van der Waals surface area contributed by atoms with Crippen molar-refractivity contribution in [2.45, 2.75) is 40.5 Å². The summed E-state index contributed by atoms with van der Waals surface area (Å²) in [5.74, 6) is 1.79. The minimum Gasteiger partial charge on any atom is -0.0776 e. The number of rotatable bonds is 1. The normalized spacial score (nSPS) is 25.0. The first-order valence-corrected chi connectivity index (χ1v) is 5.38. The van der Waals surface area contributed by atoms with Gasteiger partial charge in [-0.1, -0.05) is 52.0 Å². The highest BCUT2D eigenvalue weighted by atomic mass is 14.3. The molecule has 0 N–H and O–H groups in total. The molecule has 0 radical (unpaired) electrons. The van der Waals surface area contributed by atoms with E-state index in [0.29, 0.717) is 0 Å². The van der Waals surface area contributed by atoms with E-state index < -0.39 is 0 Å². The van der Waals surface area contributed by atoms with Crippen LogP contribution in [0.1, 0.15) is 38.8 Å². The molecule has 0 nitrogen and oxygen atoms in total. The molecular formula is C14H22. The Balaban J connectivity index is 0.000000980. The molecule has 2 atom stereocenters. The van der Waals surface area contributed by atoms with E-state index in [4.69, 9.17) is 0 Å². The number of benzene rings is 1. The fourth-order valence-electron chi connectivity index (χ4n) is 2.50. The average molecular weight is 190 g/mol. The zero-order chi connectivity index (χ0) is 9.26. The number of hydrogen-bond donors (Lipinski definition) is 0. The first kappa shape index (κ1) is 11.3. The largest absolute Gasteiger partial charge is 0.0776 e. The molecular weight excluding hydrogens is 168 g/mol. The lowest BCUT2D eigenvalue weighted by Gasteiger charge is -2.29. The van der Waals surface area contributed by atoms with Crippen molar-refractivity contribution in [1.82, 2.24) is 0 Å². The van der Waals surface area contributed by atoms with Crippen LogP contribution >= 0.6 is 0 Å².